The van der Waals surface area contributed by atoms with Gasteiger partial charge in [0.15, 0.2) is 11.5 Å². The third kappa shape index (κ3) is 9.28. The van der Waals surface area contributed by atoms with Crippen molar-refractivity contribution in [2.24, 2.45) is 13.0 Å². The number of aryl methyl sites for hydroxylation is 1. The number of nitrogens with zero attached hydrogens (tertiary/aromatic N) is 6. The van der Waals surface area contributed by atoms with Gasteiger partial charge >= 0.3 is 12.3 Å². The van der Waals surface area contributed by atoms with Crippen LogP contribution in [0.25, 0.3) is 22.0 Å². The number of pyridine rings is 1. The van der Waals surface area contributed by atoms with Crippen LogP contribution in [0.2, 0.25) is 0 Å². The number of benzene rings is 2. The SMILES string of the molecule is Cn1nc(NS(C)(=O)=O)c2cccc(-c3ccc(C#CC4CCCCN4C(=O)OC(C)(C)C)nc3[C@H](Cc3cc(F)cc(F)c3)NC(=O)Cn3nc(C(F)(F)F)c4c3C(F)(F)[C@@H]3CC[C@H]43)c21. The van der Waals surface area contributed by atoms with Gasteiger partial charge in [-0.25, -0.2) is 27.0 Å². The van der Waals surface area contributed by atoms with Crippen molar-refractivity contribution in [3.8, 4) is 23.0 Å². The Hall–Kier alpha value is -6.17. The highest BCUT2D eigenvalue weighted by Gasteiger charge is 2.63. The maximum Gasteiger partial charge on any atom is 0.435 e. The second kappa shape index (κ2) is 16.9. The van der Waals surface area contributed by atoms with Gasteiger partial charge in [0, 0.05) is 47.7 Å². The first kappa shape index (κ1) is 46.4. The Morgan fingerprint density at radius 1 is 0.985 bits per heavy atom. The number of alkyl halides is 5. The third-order valence-corrected chi connectivity index (χ3v) is 12.4. The van der Waals surface area contributed by atoms with E-state index in [0.29, 0.717) is 40.2 Å². The first-order valence-corrected chi connectivity index (χ1v) is 23.0. The molecule has 1 aliphatic heterocycles. The Labute approximate surface area is 375 Å². The quantitative estimate of drug-likeness (QED) is 0.111. The summed E-state index contributed by atoms with van der Waals surface area (Å²) in [5.74, 6) is -3.04. The number of para-hydroxylation sites is 1. The summed E-state index contributed by atoms with van der Waals surface area (Å²) < 4.78 is 139. The molecule has 21 heteroatoms. The highest BCUT2D eigenvalue weighted by Crippen LogP contribution is 2.64. The van der Waals surface area contributed by atoms with Crippen LogP contribution in [0.5, 0.6) is 0 Å². The van der Waals surface area contributed by atoms with Gasteiger partial charge in [-0.05, 0) is 107 Å². The summed E-state index contributed by atoms with van der Waals surface area (Å²) >= 11 is 0. The highest BCUT2D eigenvalue weighted by molar-refractivity contribution is 7.92. The maximum absolute atomic E-state index is 15.8. The van der Waals surface area contributed by atoms with Gasteiger partial charge in [-0.15, -0.1) is 0 Å². The number of nitrogens with one attached hydrogen (secondary N) is 2. The summed E-state index contributed by atoms with van der Waals surface area (Å²) in [4.78, 5) is 33.8. The summed E-state index contributed by atoms with van der Waals surface area (Å²) in [6.07, 6.45) is -3.00. The standard InChI is InChI=1S/C45H45F7N8O5S/c1-43(2,3)65-42(62)59-18-7-6-9-28(59)14-12-27-13-15-29(30-10-8-11-32-38(30)58(4)56-41(32)57-66(5,63)64)37(53-27)34(21-24-19-25(46)22-26(47)20-24)54-35(61)23-60-40-36(39(55-60)45(50,51)52)31-16-17-33(31)44(40,48)49/h8,10-11,13,15,19-20,22,28,31,33-34H,6-7,9,16-18,21,23H2,1-5H3,(H,54,61)(H,56,57)/t28?,31-,33+,34-/m0/s1. The van der Waals surface area contributed by atoms with Crippen molar-refractivity contribution in [2.75, 3.05) is 17.5 Å². The number of carbonyl (C=O) groups excluding carboxylic acids is 2. The largest absolute Gasteiger partial charge is 0.444 e. The molecule has 5 aromatic rings. The number of anilines is 1. The van der Waals surface area contributed by atoms with Crippen LogP contribution in [0.3, 0.4) is 0 Å². The number of hydrogen-bond donors (Lipinski definition) is 2. The Balaban J connectivity index is 1.26. The van der Waals surface area contributed by atoms with E-state index in [2.05, 4.69) is 32.1 Å². The predicted octanol–water partition coefficient (Wildman–Crippen LogP) is 8.34. The molecule has 1 unspecified atom stereocenters. The summed E-state index contributed by atoms with van der Waals surface area (Å²) in [7, 11) is -2.25. The van der Waals surface area contributed by atoms with E-state index in [4.69, 9.17) is 9.72 Å². The number of fused-ring (bicyclic) bond motifs is 4. The van der Waals surface area contributed by atoms with E-state index < -0.39 is 98.8 Å². The molecular formula is C45H45F7N8O5S. The van der Waals surface area contributed by atoms with E-state index in [1.54, 1.807) is 58.2 Å². The number of hydrogen-bond acceptors (Lipinski definition) is 8. The van der Waals surface area contributed by atoms with Gasteiger partial charge < -0.3 is 10.1 Å². The van der Waals surface area contributed by atoms with Gasteiger partial charge in [-0.2, -0.15) is 32.1 Å². The minimum atomic E-state index is -5.10. The van der Waals surface area contributed by atoms with Crippen LogP contribution in [0.4, 0.5) is 41.3 Å². The molecule has 1 saturated heterocycles. The number of likely N-dealkylation sites (tertiary alicyclic amines) is 1. The van der Waals surface area contributed by atoms with Gasteiger partial charge in [-0.1, -0.05) is 18.1 Å². The molecule has 13 nitrogen and oxygen atoms in total. The molecule has 2 aromatic carbocycles. The van der Waals surface area contributed by atoms with E-state index in [-0.39, 0.29) is 47.6 Å². The number of ether oxygens (including phenoxy) is 1. The van der Waals surface area contributed by atoms with E-state index in [9.17, 15) is 40.0 Å². The topological polar surface area (TPSA) is 153 Å². The van der Waals surface area contributed by atoms with Gasteiger partial charge in [0.25, 0.3) is 5.92 Å². The maximum atomic E-state index is 15.8. The molecule has 2 aliphatic carbocycles. The zero-order valence-electron chi connectivity index (χ0n) is 36.4. The van der Waals surface area contributed by atoms with E-state index in [1.165, 1.54) is 9.58 Å². The van der Waals surface area contributed by atoms with E-state index in [1.807, 2.05) is 0 Å². The monoisotopic (exact) mass is 942 g/mol. The third-order valence-electron chi connectivity index (χ3n) is 11.9. The molecule has 0 spiro atoms. The van der Waals surface area contributed by atoms with Crippen LogP contribution in [0, 0.1) is 29.4 Å². The minimum absolute atomic E-state index is 0.00817. The highest BCUT2D eigenvalue weighted by atomic mass is 32.2. The number of halogens is 7. The molecule has 0 bridgehead atoms. The average molecular weight is 943 g/mol. The van der Waals surface area contributed by atoms with Crippen LogP contribution >= 0.6 is 0 Å². The fourth-order valence-corrected chi connectivity index (χ4v) is 9.64. The van der Waals surface area contributed by atoms with Crippen molar-refractivity contribution in [3.63, 3.8) is 0 Å². The smallest absolute Gasteiger partial charge is 0.435 e. The molecule has 8 rings (SSSR count). The Morgan fingerprint density at radius 3 is 2.36 bits per heavy atom. The zero-order valence-corrected chi connectivity index (χ0v) is 37.2. The van der Waals surface area contributed by atoms with Gasteiger partial charge in [0.1, 0.15) is 35.2 Å². The Morgan fingerprint density at radius 2 is 1.71 bits per heavy atom. The summed E-state index contributed by atoms with van der Waals surface area (Å²) in [6.45, 7) is 4.52. The Kier molecular flexibility index (Phi) is 11.9. The van der Waals surface area contributed by atoms with Crippen LogP contribution in [0.15, 0.2) is 48.5 Å². The van der Waals surface area contributed by atoms with Crippen LogP contribution in [0.1, 0.15) is 98.7 Å². The molecule has 3 aliphatic rings. The lowest BCUT2D eigenvalue weighted by atomic mass is 9.73. The van der Waals surface area contributed by atoms with Crippen molar-refractivity contribution >= 4 is 38.7 Å². The van der Waals surface area contributed by atoms with Crippen LogP contribution in [-0.4, -0.2) is 74.3 Å². The molecule has 4 atom stereocenters. The summed E-state index contributed by atoms with van der Waals surface area (Å²) in [6, 6.07) is 8.72. The number of piperidine rings is 1. The molecule has 4 heterocycles. The lowest BCUT2D eigenvalue weighted by molar-refractivity contribution is -0.144. The molecule has 66 heavy (non-hydrogen) atoms. The second-order valence-corrected chi connectivity index (χ2v) is 19.7. The lowest BCUT2D eigenvalue weighted by Crippen LogP contribution is -2.45. The minimum Gasteiger partial charge on any atom is -0.444 e. The van der Waals surface area contributed by atoms with Crippen molar-refractivity contribution in [3.05, 3.63) is 94.1 Å². The van der Waals surface area contributed by atoms with Crippen molar-refractivity contribution in [1.29, 1.82) is 0 Å². The van der Waals surface area contributed by atoms with Crippen molar-refractivity contribution < 1.29 is 53.5 Å². The van der Waals surface area contributed by atoms with Crippen LogP contribution < -0.4 is 10.0 Å². The zero-order chi connectivity index (χ0) is 47.7. The normalized spacial score (nSPS) is 19.6. The van der Waals surface area contributed by atoms with E-state index in [0.717, 1.165) is 31.2 Å². The van der Waals surface area contributed by atoms with Crippen LogP contribution in [-0.2, 0) is 51.7 Å². The molecule has 0 radical (unpaired) electrons. The van der Waals surface area contributed by atoms with Gasteiger partial charge in [0.2, 0.25) is 15.9 Å². The summed E-state index contributed by atoms with van der Waals surface area (Å²) in [5.41, 5.74) is -2.70. The molecule has 2 amide bonds. The first-order valence-electron chi connectivity index (χ1n) is 21.1. The fourth-order valence-electron chi connectivity index (χ4n) is 9.14. The van der Waals surface area contributed by atoms with Crippen molar-refractivity contribution in [1.82, 2.24) is 34.8 Å². The number of aromatic nitrogens is 5. The molecule has 2 N–H and O–H groups in total. The van der Waals surface area contributed by atoms with Crippen molar-refractivity contribution in [2.45, 2.75) is 102 Å². The van der Waals surface area contributed by atoms with E-state index >= 15 is 8.78 Å². The average Bonchev–Trinajstić information content (AvgIpc) is 3.76. The number of amides is 2. The number of rotatable bonds is 9. The number of carbonyl (C=O) groups is 2. The fraction of sp³-hybridized carbons (Fsp3) is 0.444. The molecule has 3 aromatic heterocycles. The molecule has 350 valence electrons. The first-order chi connectivity index (χ1) is 30.9. The lowest BCUT2D eigenvalue weighted by Gasteiger charge is -2.34. The molecular weight excluding hydrogens is 898 g/mol. The Bertz CT molecular complexity index is 2910. The van der Waals surface area contributed by atoms with Gasteiger partial charge in [0.05, 0.1) is 29.6 Å². The molecule has 2 fully saturated rings. The van der Waals surface area contributed by atoms with Gasteiger partial charge in [-0.3, -0.25) is 23.8 Å². The predicted molar refractivity (Wildman–Crippen MR) is 227 cm³/mol. The summed E-state index contributed by atoms with van der Waals surface area (Å²) in [5, 5.41) is 10.9. The molecule has 1 saturated carbocycles. The second-order valence-electron chi connectivity index (χ2n) is 17.9. The number of sulfonamides is 1.